The van der Waals surface area contributed by atoms with Crippen LogP contribution in [0.25, 0.3) is 11.4 Å². The van der Waals surface area contributed by atoms with Crippen LogP contribution in [0.4, 0.5) is 0 Å². The molecule has 1 fully saturated rings. The molecule has 7 heteroatoms. The minimum absolute atomic E-state index is 0.0578. The topological polar surface area (TPSA) is 59.8 Å². The molecule has 1 heterocycles. The summed E-state index contributed by atoms with van der Waals surface area (Å²) in [4.78, 5) is 11.8. The summed E-state index contributed by atoms with van der Waals surface area (Å²) in [5.41, 5.74) is 0.927. The van der Waals surface area contributed by atoms with Gasteiger partial charge in [0.1, 0.15) is 0 Å². The Balaban J connectivity index is 1.73. The van der Waals surface area contributed by atoms with Crippen LogP contribution in [-0.2, 0) is 11.3 Å². The summed E-state index contributed by atoms with van der Waals surface area (Å²) in [5.74, 6) is 1.20. The highest BCUT2D eigenvalue weighted by atomic mass is 35.5. The highest BCUT2D eigenvalue weighted by molar-refractivity contribution is 7.99. The van der Waals surface area contributed by atoms with Crippen molar-refractivity contribution in [2.45, 2.75) is 37.5 Å². The van der Waals surface area contributed by atoms with Crippen LogP contribution in [0.1, 0.15) is 19.8 Å². The van der Waals surface area contributed by atoms with Gasteiger partial charge >= 0.3 is 0 Å². The van der Waals surface area contributed by atoms with Crippen molar-refractivity contribution in [3.05, 3.63) is 29.3 Å². The average molecular weight is 337 g/mol. The smallest absolute Gasteiger partial charge is 0.230 e. The van der Waals surface area contributed by atoms with Crippen molar-refractivity contribution in [1.29, 1.82) is 0 Å². The molecular formula is C15H17ClN4OS. The molecule has 0 unspecified atom stereocenters. The summed E-state index contributed by atoms with van der Waals surface area (Å²) in [7, 11) is 0. The monoisotopic (exact) mass is 336 g/mol. The van der Waals surface area contributed by atoms with Crippen LogP contribution >= 0.6 is 23.4 Å². The van der Waals surface area contributed by atoms with E-state index in [0.29, 0.717) is 16.8 Å². The van der Waals surface area contributed by atoms with E-state index in [4.69, 9.17) is 11.6 Å². The van der Waals surface area contributed by atoms with Crippen LogP contribution in [0.15, 0.2) is 29.4 Å². The zero-order valence-electron chi connectivity index (χ0n) is 12.3. The van der Waals surface area contributed by atoms with Gasteiger partial charge in [0.05, 0.1) is 5.75 Å². The maximum atomic E-state index is 11.8. The predicted molar refractivity (Wildman–Crippen MR) is 88.0 cm³/mol. The van der Waals surface area contributed by atoms with Crippen LogP contribution in [0, 0.1) is 0 Å². The van der Waals surface area contributed by atoms with Gasteiger partial charge in [-0.05, 0) is 31.9 Å². The molecule has 3 rings (SSSR count). The Labute approximate surface area is 138 Å². The molecule has 1 N–H and O–H groups in total. The van der Waals surface area contributed by atoms with Crippen molar-refractivity contribution >= 4 is 29.3 Å². The Bertz CT molecular complexity index is 684. The maximum Gasteiger partial charge on any atom is 0.230 e. The fraction of sp³-hybridized carbons (Fsp3) is 0.400. The summed E-state index contributed by atoms with van der Waals surface area (Å²) in [5, 5.41) is 12.9. The minimum atomic E-state index is 0.0578. The standard InChI is InChI=1S/C15H17ClN4OS/c1-2-20-14(10-4-3-5-11(16)8-10)18-19-15(20)22-9-13(21)17-12-6-7-12/h3-5,8,12H,2,6-7,9H2,1H3,(H,17,21). The van der Waals surface area contributed by atoms with E-state index in [1.165, 1.54) is 11.8 Å². The third kappa shape index (κ3) is 3.62. The summed E-state index contributed by atoms with van der Waals surface area (Å²) < 4.78 is 2.00. The van der Waals surface area contributed by atoms with Gasteiger partial charge in [-0.2, -0.15) is 0 Å². The molecule has 5 nitrogen and oxygen atoms in total. The number of carbonyl (C=O) groups excluding carboxylic acids is 1. The first kappa shape index (κ1) is 15.4. The number of hydrogen-bond acceptors (Lipinski definition) is 4. The van der Waals surface area contributed by atoms with Gasteiger partial charge in [0.2, 0.25) is 5.91 Å². The summed E-state index contributed by atoms with van der Waals surface area (Å²) in [6.07, 6.45) is 2.20. The van der Waals surface area contributed by atoms with Gasteiger partial charge in [-0.1, -0.05) is 35.5 Å². The number of thioether (sulfide) groups is 1. The van der Waals surface area contributed by atoms with Crippen molar-refractivity contribution in [2.75, 3.05) is 5.75 Å². The highest BCUT2D eigenvalue weighted by Crippen LogP contribution is 2.26. The van der Waals surface area contributed by atoms with Crippen molar-refractivity contribution in [3.63, 3.8) is 0 Å². The number of nitrogens with zero attached hydrogens (tertiary/aromatic N) is 3. The second kappa shape index (κ2) is 6.71. The van der Waals surface area contributed by atoms with Crippen LogP contribution in [0.5, 0.6) is 0 Å². The van der Waals surface area contributed by atoms with Crippen LogP contribution < -0.4 is 5.32 Å². The van der Waals surface area contributed by atoms with E-state index in [1.54, 1.807) is 0 Å². The van der Waals surface area contributed by atoms with E-state index in [0.717, 1.165) is 35.9 Å². The number of benzene rings is 1. The molecule has 0 radical (unpaired) electrons. The molecule has 1 aliphatic rings. The van der Waals surface area contributed by atoms with E-state index in [9.17, 15) is 4.79 Å². The molecule has 0 atom stereocenters. The average Bonchev–Trinajstić information content (AvgIpc) is 3.21. The Morgan fingerprint density at radius 3 is 2.95 bits per heavy atom. The fourth-order valence-corrected chi connectivity index (χ4v) is 3.15. The summed E-state index contributed by atoms with van der Waals surface area (Å²) >= 11 is 7.45. The van der Waals surface area contributed by atoms with E-state index in [1.807, 2.05) is 35.8 Å². The van der Waals surface area contributed by atoms with Crippen molar-refractivity contribution in [2.24, 2.45) is 0 Å². The van der Waals surface area contributed by atoms with Crippen LogP contribution in [0.2, 0.25) is 5.02 Å². The lowest BCUT2D eigenvalue weighted by Gasteiger charge is -2.07. The first-order valence-electron chi connectivity index (χ1n) is 7.28. The molecular weight excluding hydrogens is 320 g/mol. The zero-order chi connectivity index (χ0) is 15.5. The van der Waals surface area contributed by atoms with Crippen LogP contribution in [-0.4, -0.2) is 32.5 Å². The Morgan fingerprint density at radius 1 is 1.45 bits per heavy atom. The second-order valence-corrected chi connectivity index (χ2v) is 6.57. The Morgan fingerprint density at radius 2 is 2.27 bits per heavy atom. The molecule has 1 aromatic carbocycles. The van der Waals surface area contributed by atoms with Crippen molar-refractivity contribution < 1.29 is 4.79 Å². The summed E-state index contributed by atoms with van der Waals surface area (Å²) in [6.45, 7) is 2.77. The quantitative estimate of drug-likeness (QED) is 0.824. The molecule has 1 saturated carbocycles. The number of amides is 1. The normalized spacial score (nSPS) is 14.1. The van der Waals surface area contributed by atoms with Gasteiger partial charge in [0, 0.05) is 23.2 Å². The lowest BCUT2D eigenvalue weighted by Crippen LogP contribution is -2.27. The molecule has 1 aromatic heterocycles. The van der Waals surface area contributed by atoms with E-state index >= 15 is 0 Å². The Hall–Kier alpha value is -1.53. The lowest BCUT2D eigenvalue weighted by molar-refractivity contribution is -0.118. The molecule has 22 heavy (non-hydrogen) atoms. The lowest BCUT2D eigenvalue weighted by atomic mass is 10.2. The number of aromatic nitrogens is 3. The van der Waals surface area contributed by atoms with Gasteiger partial charge in [0.25, 0.3) is 0 Å². The molecule has 0 bridgehead atoms. The van der Waals surface area contributed by atoms with Gasteiger partial charge in [-0.3, -0.25) is 4.79 Å². The van der Waals surface area contributed by atoms with Gasteiger partial charge in [0.15, 0.2) is 11.0 Å². The number of hydrogen-bond donors (Lipinski definition) is 1. The first-order valence-corrected chi connectivity index (χ1v) is 8.65. The molecule has 2 aromatic rings. The van der Waals surface area contributed by atoms with Gasteiger partial charge in [-0.15, -0.1) is 10.2 Å². The third-order valence-corrected chi connectivity index (χ3v) is 4.59. The van der Waals surface area contributed by atoms with Gasteiger partial charge in [-0.25, -0.2) is 0 Å². The van der Waals surface area contributed by atoms with Gasteiger partial charge < -0.3 is 9.88 Å². The molecule has 116 valence electrons. The molecule has 1 amide bonds. The second-order valence-electron chi connectivity index (χ2n) is 5.19. The first-order chi connectivity index (χ1) is 10.7. The largest absolute Gasteiger partial charge is 0.353 e. The van der Waals surface area contributed by atoms with E-state index < -0.39 is 0 Å². The SMILES string of the molecule is CCn1c(SCC(=O)NC2CC2)nnc1-c1cccc(Cl)c1. The third-order valence-electron chi connectivity index (χ3n) is 3.39. The summed E-state index contributed by atoms with van der Waals surface area (Å²) in [6, 6.07) is 7.93. The minimum Gasteiger partial charge on any atom is -0.353 e. The molecule has 0 spiro atoms. The van der Waals surface area contributed by atoms with E-state index in [-0.39, 0.29) is 5.91 Å². The number of halogens is 1. The zero-order valence-corrected chi connectivity index (χ0v) is 13.8. The number of carbonyl (C=O) groups is 1. The molecule has 0 aliphatic heterocycles. The van der Waals surface area contributed by atoms with Crippen molar-refractivity contribution in [1.82, 2.24) is 20.1 Å². The number of rotatable bonds is 6. The Kier molecular flexibility index (Phi) is 4.69. The van der Waals surface area contributed by atoms with Crippen molar-refractivity contribution in [3.8, 4) is 11.4 Å². The van der Waals surface area contributed by atoms with E-state index in [2.05, 4.69) is 15.5 Å². The maximum absolute atomic E-state index is 11.8. The highest BCUT2D eigenvalue weighted by Gasteiger charge is 2.23. The fourth-order valence-electron chi connectivity index (χ4n) is 2.15. The van der Waals surface area contributed by atoms with Crippen LogP contribution in [0.3, 0.4) is 0 Å². The molecule has 0 saturated heterocycles. The molecule has 1 aliphatic carbocycles. The number of nitrogens with one attached hydrogen (secondary N) is 1. The predicted octanol–water partition coefficient (Wildman–Crippen LogP) is 2.99.